The third kappa shape index (κ3) is 4.11. The van der Waals surface area contributed by atoms with Gasteiger partial charge in [0.2, 0.25) is 0 Å². The molecule has 1 aromatic rings. The number of nitriles is 1. The maximum atomic E-state index is 12.4. The summed E-state index contributed by atoms with van der Waals surface area (Å²) in [4.78, 5) is 5.43. The van der Waals surface area contributed by atoms with Gasteiger partial charge in [-0.15, -0.1) is 0 Å². The van der Waals surface area contributed by atoms with E-state index < -0.39 is 9.84 Å². The van der Waals surface area contributed by atoms with Crippen molar-refractivity contribution in [2.75, 3.05) is 45.0 Å². The van der Waals surface area contributed by atoms with E-state index in [-0.39, 0.29) is 5.75 Å². The van der Waals surface area contributed by atoms with Crippen molar-refractivity contribution < 1.29 is 8.42 Å². The molecule has 6 heteroatoms. The number of nitrogens with zero attached hydrogens (tertiary/aromatic N) is 3. The topological polar surface area (TPSA) is 64.4 Å². The lowest BCUT2D eigenvalue weighted by Gasteiger charge is -2.21. The number of fused-ring (bicyclic) bond motifs is 1. The van der Waals surface area contributed by atoms with Crippen molar-refractivity contribution in [3.8, 4) is 6.07 Å². The van der Waals surface area contributed by atoms with Gasteiger partial charge in [-0.2, -0.15) is 5.26 Å². The molecule has 0 radical (unpaired) electrons. The van der Waals surface area contributed by atoms with E-state index in [1.54, 1.807) is 24.3 Å². The Bertz CT molecular complexity index is 766. The monoisotopic (exact) mass is 373 g/mol. The molecule has 3 aliphatic rings. The van der Waals surface area contributed by atoms with Crippen molar-refractivity contribution in [3.05, 3.63) is 29.8 Å². The normalized spacial score (nSPS) is 26.7. The van der Waals surface area contributed by atoms with E-state index in [0.717, 1.165) is 37.4 Å². The van der Waals surface area contributed by atoms with Gasteiger partial charge in [-0.3, -0.25) is 0 Å². The Morgan fingerprint density at radius 3 is 2.19 bits per heavy atom. The van der Waals surface area contributed by atoms with Crippen LogP contribution in [0.3, 0.4) is 0 Å². The number of sulfone groups is 1. The van der Waals surface area contributed by atoms with E-state index in [9.17, 15) is 8.42 Å². The standard InChI is InChI=1S/C20H27N3O2S/c21-10-16-4-6-20(7-5-16)26(24,25)9-1-8-22-12-18-14-23(11-17-2-3-17)15-19(18)13-22/h4-7,17-19H,1-3,8-9,11-15H2. The van der Waals surface area contributed by atoms with Crippen LogP contribution in [-0.2, 0) is 9.84 Å². The summed E-state index contributed by atoms with van der Waals surface area (Å²) < 4.78 is 24.9. The highest BCUT2D eigenvalue weighted by atomic mass is 32.2. The first-order valence-electron chi connectivity index (χ1n) is 9.71. The third-order valence-electron chi connectivity index (χ3n) is 6.08. The van der Waals surface area contributed by atoms with E-state index in [2.05, 4.69) is 9.80 Å². The van der Waals surface area contributed by atoms with E-state index in [1.165, 1.54) is 32.5 Å². The second-order valence-electron chi connectivity index (χ2n) is 8.25. The summed E-state index contributed by atoms with van der Waals surface area (Å²) in [5.41, 5.74) is 0.489. The average molecular weight is 374 g/mol. The zero-order valence-electron chi connectivity index (χ0n) is 15.2. The Morgan fingerprint density at radius 1 is 1.00 bits per heavy atom. The van der Waals surface area contributed by atoms with Gasteiger partial charge in [-0.05, 0) is 67.8 Å². The average Bonchev–Trinajstić information content (AvgIpc) is 3.24. The van der Waals surface area contributed by atoms with Crippen molar-refractivity contribution in [1.82, 2.24) is 9.80 Å². The number of rotatable bonds is 7. The second-order valence-corrected chi connectivity index (χ2v) is 10.4. The molecule has 5 nitrogen and oxygen atoms in total. The molecule has 1 aromatic carbocycles. The molecular formula is C20H27N3O2S. The smallest absolute Gasteiger partial charge is 0.178 e. The van der Waals surface area contributed by atoms with E-state index in [0.29, 0.717) is 16.9 Å². The van der Waals surface area contributed by atoms with E-state index in [1.807, 2.05) is 6.07 Å². The highest BCUT2D eigenvalue weighted by molar-refractivity contribution is 7.91. The Labute approximate surface area is 156 Å². The van der Waals surface area contributed by atoms with E-state index in [4.69, 9.17) is 5.26 Å². The highest BCUT2D eigenvalue weighted by Crippen LogP contribution is 2.35. The Hall–Kier alpha value is -1.42. The summed E-state index contributed by atoms with van der Waals surface area (Å²) in [7, 11) is -3.26. The van der Waals surface area contributed by atoms with Crippen LogP contribution in [0.25, 0.3) is 0 Å². The third-order valence-corrected chi connectivity index (χ3v) is 7.90. The van der Waals surface area contributed by atoms with Crippen LogP contribution in [0.5, 0.6) is 0 Å². The Balaban J connectivity index is 1.22. The SMILES string of the molecule is N#Cc1ccc(S(=O)(=O)CCCN2CC3CN(CC4CC4)CC3C2)cc1. The van der Waals surface area contributed by atoms with Gasteiger partial charge in [-0.25, -0.2) is 8.42 Å². The van der Waals surface area contributed by atoms with Gasteiger partial charge in [0.05, 0.1) is 22.3 Å². The number of hydrogen-bond donors (Lipinski definition) is 0. The lowest BCUT2D eigenvalue weighted by molar-refractivity contribution is 0.250. The fourth-order valence-corrected chi connectivity index (χ4v) is 5.81. The lowest BCUT2D eigenvalue weighted by Crippen LogP contribution is -2.31. The van der Waals surface area contributed by atoms with Crippen LogP contribution < -0.4 is 0 Å². The number of benzene rings is 1. The molecule has 1 aliphatic carbocycles. The zero-order valence-corrected chi connectivity index (χ0v) is 16.0. The van der Waals surface area contributed by atoms with Crippen molar-refractivity contribution in [1.29, 1.82) is 5.26 Å². The van der Waals surface area contributed by atoms with Crippen molar-refractivity contribution in [3.63, 3.8) is 0 Å². The first kappa shape index (κ1) is 18.0. The van der Waals surface area contributed by atoms with Gasteiger partial charge in [0.25, 0.3) is 0 Å². The predicted molar refractivity (Wildman–Crippen MR) is 100 cm³/mol. The minimum atomic E-state index is -3.26. The first-order chi connectivity index (χ1) is 12.5. The second kappa shape index (κ2) is 7.30. The van der Waals surface area contributed by atoms with Gasteiger partial charge in [0.15, 0.2) is 9.84 Å². The van der Waals surface area contributed by atoms with Crippen LogP contribution >= 0.6 is 0 Å². The van der Waals surface area contributed by atoms with Gasteiger partial charge in [0.1, 0.15) is 0 Å². The molecule has 2 atom stereocenters. The molecule has 140 valence electrons. The predicted octanol–water partition coefficient (Wildman–Crippen LogP) is 2.00. The molecule has 1 saturated carbocycles. The van der Waals surface area contributed by atoms with Crippen LogP contribution in [-0.4, -0.2) is 63.2 Å². The summed E-state index contributed by atoms with van der Waals surface area (Å²) in [5, 5.41) is 8.82. The Kier molecular flexibility index (Phi) is 5.05. The van der Waals surface area contributed by atoms with Crippen molar-refractivity contribution in [2.24, 2.45) is 17.8 Å². The zero-order chi connectivity index (χ0) is 18.1. The molecule has 0 spiro atoms. The lowest BCUT2D eigenvalue weighted by atomic mass is 10.0. The molecule has 2 aliphatic heterocycles. The van der Waals surface area contributed by atoms with Crippen LogP contribution in [0.15, 0.2) is 29.2 Å². The molecule has 2 unspecified atom stereocenters. The summed E-state index contributed by atoms with van der Waals surface area (Å²) in [5.74, 6) is 2.71. The molecule has 0 amide bonds. The fraction of sp³-hybridized carbons (Fsp3) is 0.650. The van der Waals surface area contributed by atoms with Crippen molar-refractivity contribution >= 4 is 9.84 Å². The van der Waals surface area contributed by atoms with Gasteiger partial charge >= 0.3 is 0 Å². The molecule has 0 bridgehead atoms. The van der Waals surface area contributed by atoms with Gasteiger partial charge in [0, 0.05) is 32.7 Å². The van der Waals surface area contributed by atoms with Crippen LogP contribution in [0.2, 0.25) is 0 Å². The van der Waals surface area contributed by atoms with Gasteiger partial charge < -0.3 is 9.80 Å². The van der Waals surface area contributed by atoms with Crippen LogP contribution in [0, 0.1) is 29.1 Å². The van der Waals surface area contributed by atoms with Gasteiger partial charge in [-0.1, -0.05) is 0 Å². The number of hydrogen-bond acceptors (Lipinski definition) is 5. The molecule has 0 N–H and O–H groups in total. The van der Waals surface area contributed by atoms with Crippen LogP contribution in [0.1, 0.15) is 24.8 Å². The fourth-order valence-electron chi connectivity index (χ4n) is 4.52. The molecular weight excluding hydrogens is 346 g/mol. The quantitative estimate of drug-likeness (QED) is 0.731. The summed E-state index contributed by atoms with van der Waals surface area (Å²) >= 11 is 0. The molecule has 4 rings (SSSR count). The van der Waals surface area contributed by atoms with Crippen molar-refractivity contribution in [2.45, 2.75) is 24.2 Å². The Morgan fingerprint density at radius 2 is 1.62 bits per heavy atom. The summed E-state index contributed by atoms with van der Waals surface area (Å²) in [6.07, 6.45) is 3.52. The molecule has 2 saturated heterocycles. The van der Waals surface area contributed by atoms with E-state index >= 15 is 0 Å². The summed E-state index contributed by atoms with van der Waals surface area (Å²) in [6, 6.07) is 8.25. The molecule has 2 heterocycles. The number of likely N-dealkylation sites (tertiary alicyclic amines) is 2. The minimum Gasteiger partial charge on any atom is -0.303 e. The largest absolute Gasteiger partial charge is 0.303 e. The van der Waals surface area contributed by atoms with Crippen LogP contribution in [0.4, 0.5) is 0 Å². The molecule has 0 aromatic heterocycles. The summed E-state index contributed by atoms with van der Waals surface area (Å²) in [6.45, 7) is 6.90. The first-order valence-corrected chi connectivity index (χ1v) is 11.4. The maximum absolute atomic E-state index is 12.4. The maximum Gasteiger partial charge on any atom is 0.178 e. The molecule has 26 heavy (non-hydrogen) atoms. The minimum absolute atomic E-state index is 0.179. The highest BCUT2D eigenvalue weighted by Gasteiger charge is 2.40. The molecule has 3 fully saturated rings.